The van der Waals surface area contributed by atoms with Crippen molar-refractivity contribution in [3.8, 4) is 11.5 Å². The fourth-order valence-electron chi connectivity index (χ4n) is 2.98. The Labute approximate surface area is 204 Å². The number of hydrogen-bond acceptors (Lipinski definition) is 8. The fourth-order valence-corrected chi connectivity index (χ4v) is 2.98. The summed E-state index contributed by atoms with van der Waals surface area (Å²) in [4.78, 5) is 58.6. The molecule has 3 aromatic rings. The molecule has 3 amide bonds. The van der Waals surface area contributed by atoms with Crippen molar-refractivity contribution in [1.29, 1.82) is 0 Å². The molecule has 0 fully saturated rings. The smallest absolute Gasteiger partial charge is 0.308 e. The van der Waals surface area contributed by atoms with Crippen molar-refractivity contribution in [2.75, 3.05) is 12.4 Å². The summed E-state index contributed by atoms with van der Waals surface area (Å²) >= 11 is 0. The van der Waals surface area contributed by atoms with Gasteiger partial charge in [0, 0.05) is 41.4 Å². The molecule has 12 heteroatoms. The number of carbonyl (C=O) groups excluding carboxylic acids is 4. The highest BCUT2D eigenvalue weighted by Crippen LogP contribution is 2.28. The lowest BCUT2D eigenvalue weighted by molar-refractivity contribution is -0.384. The van der Waals surface area contributed by atoms with E-state index in [0.717, 1.165) is 0 Å². The zero-order chi connectivity index (χ0) is 26.2. The number of carbonyl (C=O) groups is 4. The number of nitrogens with zero attached hydrogens (tertiary/aromatic N) is 1. The van der Waals surface area contributed by atoms with Crippen molar-refractivity contribution in [3.05, 3.63) is 93.5 Å². The average molecular weight is 492 g/mol. The van der Waals surface area contributed by atoms with Crippen molar-refractivity contribution in [1.82, 2.24) is 10.9 Å². The van der Waals surface area contributed by atoms with E-state index in [0.29, 0.717) is 5.69 Å². The molecule has 184 valence electrons. The number of ether oxygens (including phenoxy) is 2. The molecule has 0 spiro atoms. The maximum Gasteiger partial charge on any atom is 0.308 e. The molecule has 0 aromatic heterocycles. The van der Waals surface area contributed by atoms with Crippen LogP contribution in [0.4, 0.5) is 11.4 Å². The van der Waals surface area contributed by atoms with Gasteiger partial charge in [0.2, 0.25) is 0 Å². The van der Waals surface area contributed by atoms with Crippen LogP contribution < -0.4 is 25.6 Å². The molecule has 0 atom stereocenters. The number of hydrogen-bond donors (Lipinski definition) is 3. The number of non-ortho nitro benzene ring substituents is 1. The third kappa shape index (κ3) is 6.41. The number of amides is 3. The van der Waals surface area contributed by atoms with Crippen LogP contribution in [0.25, 0.3) is 0 Å². The fraction of sp³-hybridized carbons (Fsp3) is 0.0833. The second kappa shape index (κ2) is 11.2. The molecule has 0 radical (unpaired) electrons. The lowest BCUT2D eigenvalue weighted by Crippen LogP contribution is -2.41. The Bertz CT molecular complexity index is 1340. The van der Waals surface area contributed by atoms with Crippen LogP contribution in [0.5, 0.6) is 11.5 Å². The molecule has 3 N–H and O–H groups in total. The van der Waals surface area contributed by atoms with Crippen molar-refractivity contribution >= 4 is 35.1 Å². The van der Waals surface area contributed by atoms with Crippen LogP contribution in [0.3, 0.4) is 0 Å². The van der Waals surface area contributed by atoms with E-state index in [9.17, 15) is 29.3 Å². The monoisotopic (exact) mass is 492 g/mol. The van der Waals surface area contributed by atoms with Gasteiger partial charge in [-0.2, -0.15) is 0 Å². The van der Waals surface area contributed by atoms with E-state index in [1.165, 1.54) is 74.7 Å². The quantitative estimate of drug-likeness (QED) is 0.196. The highest BCUT2D eigenvalue weighted by molar-refractivity contribution is 6.05. The maximum atomic E-state index is 12.7. The predicted octanol–water partition coefficient (Wildman–Crippen LogP) is 2.86. The second-order valence-corrected chi connectivity index (χ2v) is 7.21. The molecule has 0 bridgehead atoms. The van der Waals surface area contributed by atoms with Gasteiger partial charge in [-0.25, -0.2) is 0 Å². The van der Waals surface area contributed by atoms with Gasteiger partial charge in [0.1, 0.15) is 0 Å². The molecular weight excluding hydrogens is 472 g/mol. The summed E-state index contributed by atoms with van der Waals surface area (Å²) in [6, 6.07) is 15.1. The van der Waals surface area contributed by atoms with Crippen molar-refractivity contribution in [2.45, 2.75) is 6.92 Å². The first kappa shape index (κ1) is 25.4. The first-order valence-corrected chi connectivity index (χ1v) is 10.3. The highest BCUT2D eigenvalue weighted by Gasteiger charge is 2.15. The van der Waals surface area contributed by atoms with Gasteiger partial charge in [0.15, 0.2) is 11.5 Å². The van der Waals surface area contributed by atoms with E-state index in [1.54, 1.807) is 6.07 Å². The number of methoxy groups -OCH3 is 1. The SMILES string of the molecule is COc1cc(C(=O)Nc2cccc(C(=O)NNC(=O)c3ccc([N+](=O)[O-])cc3)c2)ccc1OC(C)=O. The number of benzene rings is 3. The van der Waals surface area contributed by atoms with Gasteiger partial charge in [-0.3, -0.25) is 40.1 Å². The Hall–Kier alpha value is -5.26. The first-order chi connectivity index (χ1) is 17.2. The number of nitro groups is 1. The van der Waals surface area contributed by atoms with Crippen molar-refractivity contribution in [3.63, 3.8) is 0 Å². The van der Waals surface area contributed by atoms with Gasteiger partial charge < -0.3 is 14.8 Å². The molecule has 0 aliphatic heterocycles. The van der Waals surface area contributed by atoms with Gasteiger partial charge in [-0.1, -0.05) is 6.07 Å². The summed E-state index contributed by atoms with van der Waals surface area (Å²) < 4.78 is 10.2. The number of anilines is 1. The van der Waals surface area contributed by atoms with Gasteiger partial charge in [-0.15, -0.1) is 0 Å². The normalized spacial score (nSPS) is 10.1. The van der Waals surface area contributed by atoms with Crippen molar-refractivity contribution < 1.29 is 33.6 Å². The topological polar surface area (TPSA) is 166 Å². The second-order valence-electron chi connectivity index (χ2n) is 7.21. The third-order valence-corrected chi connectivity index (χ3v) is 4.69. The minimum absolute atomic E-state index is 0.108. The number of esters is 1. The number of nitro benzene ring substituents is 1. The summed E-state index contributed by atoms with van der Waals surface area (Å²) in [6.45, 7) is 1.24. The minimum atomic E-state index is -0.672. The van der Waals surface area contributed by atoms with E-state index >= 15 is 0 Å². The molecule has 0 saturated carbocycles. The van der Waals surface area contributed by atoms with Crippen LogP contribution in [-0.2, 0) is 4.79 Å². The van der Waals surface area contributed by atoms with Gasteiger partial charge in [0.05, 0.1) is 12.0 Å². The lowest BCUT2D eigenvalue weighted by Gasteiger charge is -2.11. The molecule has 0 saturated heterocycles. The Morgan fingerprint density at radius 3 is 2.00 bits per heavy atom. The van der Waals surface area contributed by atoms with Crippen LogP contribution in [0.2, 0.25) is 0 Å². The molecule has 0 unspecified atom stereocenters. The van der Waals surface area contributed by atoms with E-state index in [4.69, 9.17) is 9.47 Å². The summed E-state index contributed by atoms with van der Waals surface area (Å²) in [6.07, 6.45) is 0. The zero-order valence-corrected chi connectivity index (χ0v) is 19.1. The van der Waals surface area contributed by atoms with E-state index < -0.39 is 28.6 Å². The molecule has 3 aromatic carbocycles. The van der Waals surface area contributed by atoms with E-state index in [1.807, 2.05) is 0 Å². The van der Waals surface area contributed by atoms with Crippen molar-refractivity contribution in [2.24, 2.45) is 0 Å². The van der Waals surface area contributed by atoms with Gasteiger partial charge in [0.25, 0.3) is 23.4 Å². The lowest BCUT2D eigenvalue weighted by atomic mass is 10.1. The molecule has 0 aliphatic rings. The number of nitrogens with one attached hydrogen (secondary N) is 3. The van der Waals surface area contributed by atoms with Crippen LogP contribution in [0.15, 0.2) is 66.7 Å². The summed E-state index contributed by atoms with van der Waals surface area (Å²) in [5, 5.41) is 13.4. The molecule has 12 nitrogen and oxygen atoms in total. The van der Waals surface area contributed by atoms with Crippen LogP contribution in [-0.4, -0.2) is 35.7 Å². The average Bonchev–Trinajstić information content (AvgIpc) is 2.87. The van der Waals surface area contributed by atoms with E-state index in [2.05, 4.69) is 16.2 Å². The minimum Gasteiger partial charge on any atom is -0.493 e. The summed E-state index contributed by atoms with van der Waals surface area (Å²) in [5.74, 6) is -2.02. The van der Waals surface area contributed by atoms with Gasteiger partial charge >= 0.3 is 5.97 Å². The Morgan fingerprint density at radius 2 is 1.39 bits per heavy atom. The number of rotatable bonds is 7. The molecule has 0 aliphatic carbocycles. The maximum absolute atomic E-state index is 12.7. The molecule has 3 rings (SSSR count). The Morgan fingerprint density at radius 1 is 0.778 bits per heavy atom. The Kier molecular flexibility index (Phi) is 7.92. The highest BCUT2D eigenvalue weighted by atomic mass is 16.6. The molecule has 36 heavy (non-hydrogen) atoms. The van der Waals surface area contributed by atoms with Crippen LogP contribution in [0, 0.1) is 10.1 Å². The standard InChI is InChI=1S/C24H20N4O8/c1-14(29)36-20-11-8-17(13-21(20)35-2)22(30)25-18-5-3-4-16(12-18)24(32)27-26-23(31)15-6-9-19(10-7-15)28(33)34/h3-13H,1-2H3,(H,25,30)(H,26,31)(H,27,32). The summed E-state index contributed by atoms with van der Waals surface area (Å²) in [7, 11) is 1.37. The molecule has 0 heterocycles. The molecular formula is C24H20N4O8. The van der Waals surface area contributed by atoms with Crippen LogP contribution in [0.1, 0.15) is 38.0 Å². The van der Waals surface area contributed by atoms with Gasteiger partial charge in [-0.05, 0) is 48.5 Å². The zero-order valence-electron chi connectivity index (χ0n) is 19.1. The largest absolute Gasteiger partial charge is 0.493 e. The Balaban J connectivity index is 1.63. The first-order valence-electron chi connectivity index (χ1n) is 10.3. The third-order valence-electron chi connectivity index (χ3n) is 4.69. The van der Waals surface area contributed by atoms with Crippen LogP contribution >= 0.6 is 0 Å². The van der Waals surface area contributed by atoms with E-state index in [-0.39, 0.29) is 33.9 Å². The summed E-state index contributed by atoms with van der Waals surface area (Å²) in [5.41, 5.74) is 5.05. The predicted molar refractivity (Wildman–Crippen MR) is 127 cm³/mol. The number of hydrazine groups is 1.